The van der Waals surface area contributed by atoms with Gasteiger partial charge in [0.2, 0.25) is 0 Å². The highest BCUT2D eigenvalue weighted by atomic mass is 35.5. The normalized spacial score (nSPS) is 11.2. The van der Waals surface area contributed by atoms with E-state index in [-0.39, 0.29) is 0 Å². The highest BCUT2D eigenvalue weighted by Crippen LogP contribution is 2.38. The minimum absolute atomic E-state index is 0.290. The fraction of sp³-hybridized carbons (Fsp3) is 0.188. The van der Waals surface area contributed by atoms with Crippen molar-refractivity contribution in [2.75, 3.05) is 5.73 Å². The largest absolute Gasteiger partial charge is 0.383 e. The van der Waals surface area contributed by atoms with Crippen molar-refractivity contribution in [1.82, 2.24) is 9.78 Å². The van der Waals surface area contributed by atoms with Crippen LogP contribution in [0.4, 0.5) is 5.82 Å². The molecule has 5 heteroatoms. The fourth-order valence-corrected chi connectivity index (χ4v) is 3.44. The molecule has 0 bridgehead atoms. The standard InChI is InChI=1S/C16H16ClN3S/c1-10(2)14-15(12-8-9-13(17)21-12)19-20(16(14)18)11-6-4-3-5-7-11/h3-10H,18H2,1-2H3. The number of nitrogens with zero attached hydrogens (tertiary/aromatic N) is 2. The smallest absolute Gasteiger partial charge is 0.131 e. The molecule has 0 spiro atoms. The van der Waals surface area contributed by atoms with Crippen molar-refractivity contribution in [2.24, 2.45) is 0 Å². The van der Waals surface area contributed by atoms with Crippen LogP contribution in [0.25, 0.3) is 16.3 Å². The number of hydrogen-bond donors (Lipinski definition) is 1. The van der Waals surface area contributed by atoms with Crippen molar-refractivity contribution in [3.8, 4) is 16.3 Å². The van der Waals surface area contributed by atoms with E-state index in [9.17, 15) is 0 Å². The van der Waals surface area contributed by atoms with Crippen molar-refractivity contribution in [1.29, 1.82) is 0 Å². The Kier molecular flexibility index (Phi) is 3.74. The van der Waals surface area contributed by atoms with E-state index in [1.54, 1.807) is 4.68 Å². The quantitative estimate of drug-likeness (QED) is 0.742. The number of thiophene rings is 1. The molecular formula is C16H16ClN3S. The zero-order valence-electron chi connectivity index (χ0n) is 11.9. The van der Waals surface area contributed by atoms with Gasteiger partial charge in [0.25, 0.3) is 0 Å². The molecule has 0 saturated heterocycles. The molecule has 0 aliphatic rings. The number of nitrogens with two attached hydrogens (primary N) is 1. The van der Waals surface area contributed by atoms with E-state index in [0.717, 1.165) is 26.2 Å². The average molecular weight is 318 g/mol. The summed E-state index contributed by atoms with van der Waals surface area (Å²) < 4.78 is 2.56. The molecule has 0 aliphatic heterocycles. The van der Waals surface area contributed by atoms with Gasteiger partial charge in [-0.25, -0.2) is 4.68 Å². The molecule has 0 radical (unpaired) electrons. The number of aromatic nitrogens is 2. The molecule has 2 heterocycles. The molecule has 0 aliphatic carbocycles. The van der Waals surface area contributed by atoms with Crippen LogP contribution in [0.5, 0.6) is 0 Å². The van der Waals surface area contributed by atoms with Gasteiger partial charge in [-0.05, 0) is 30.2 Å². The maximum absolute atomic E-state index is 6.35. The maximum Gasteiger partial charge on any atom is 0.131 e. The summed E-state index contributed by atoms with van der Waals surface area (Å²) in [4.78, 5) is 1.05. The molecule has 2 N–H and O–H groups in total. The molecule has 0 unspecified atom stereocenters. The van der Waals surface area contributed by atoms with Gasteiger partial charge in [-0.3, -0.25) is 0 Å². The second-order valence-electron chi connectivity index (χ2n) is 5.15. The molecule has 2 aromatic heterocycles. The monoisotopic (exact) mass is 317 g/mol. The molecule has 3 aromatic rings. The number of hydrogen-bond acceptors (Lipinski definition) is 3. The van der Waals surface area contributed by atoms with Gasteiger partial charge in [-0.15, -0.1) is 11.3 Å². The van der Waals surface area contributed by atoms with Crippen molar-refractivity contribution in [2.45, 2.75) is 19.8 Å². The van der Waals surface area contributed by atoms with E-state index in [4.69, 9.17) is 22.4 Å². The molecule has 3 rings (SSSR count). The molecule has 0 saturated carbocycles. The Morgan fingerprint density at radius 2 is 1.86 bits per heavy atom. The van der Waals surface area contributed by atoms with Gasteiger partial charge in [-0.1, -0.05) is 43.6 Å². The Balaban J connectivity index is 2.21. The van der Waals surface area contributed by atoms with Crippen molar-refractivity contribution < 1.29 is 0 Å². The van der Waals surface area contributed by atoms with E-state index < -0.39 is 0 Å². The minimum Gasteiger partial charge on any atom is -0.383 e. The van der Waals surface area contributed by atoms with Crippen molar-refractivity contribution in [3.63, 3.8) is 0 Å². The molecule has 108 valence electrons. The van der Waals surface area contributed by atoms with Crippen LogP contribution in [0.1, 0.15) is 25.3 Å². The summed E-state index contributed by atoms with van der Waals surface area (Å²) in [5.74, 6) is 0.981. The van der Waals surface area contributed by atoms with Crippen LogP contribution in [0.15, 0.2) is 42.5 Å². The Morgan fingerprint density at radius 1 is 1.14 bits per heavy atom. The summed E-state index contributed by atoms with van der Waals surface area (Å²) >= 11 is 7.58. The molecule has 0 amide bonds. The number of anilines is 1. The number of nitrogen functional groups attached to an aromatic ring is 1. The summed E-state index contributed by atoms with van der Waals surface area (Å²) in [7, 11) is 0. The molecule has 21 heavy (non-hydrogen) atoms. The van der Waals surface area contributed by atoms with Crippen molar-refractivity contribution >= 4 is 28.8 Å². The fourth-order valence-electron chi connectivity index (χ4n) is 2.40. The van der Waals surface area contributed by atoms with Gasteiger partial charge in [0.15, 0.2) is 0 Å². The highest BCUT2D eigenvalue weighted by Gasteiger charge is 2.21. The predicted molar refractivity (Wildman–Crippen MR) is 90.4 cm³/mol. The van der Waals surface area contributed by atoms with Crippen molar-refractivity contribution in [3.05, 3.63) is 52.4 Å². The van der Waals surface area contributed by atoms with Crippen LogP contribution in [0.2, 0.25) is 4.34 Å². The topological polar surface area (TPSA) is 43.8 Å². The lowest BCUT2D eigenvalue weighted by Gasteiger charge is -2.07. The number of para-hydroxylation sites is 1. The average Bonchev–Trinajstić information content (AvgIpc) is 3.03. The van der Waals surface area contributed by atoms with Gasteiger partial charge in [0.05, 0.1) is 14.9 Å². The number of rotatable bonds is 3. The van der Waals surface area contributed by atoms with Crippen LogP contribution < -0.4 is 5.73 Å². The van der Waals surface area contributed by atoms with Crippen LogP contribution in [0.3, 0.4) is 0 Å². The Bertz CT molecular complexity index is 759. The first-order valence-electron chi connectivity index (χ1n) is 6.77. The first-order valence-corrected chi connectivity index (χ1v) is 7.97. The lowest BCUT2D eigenvalue weighted by Crippen LogP contribution is -2.03. The van der Waals surface area contributed by atoms with E-state index in [2.05, 4.69) is 13.8 Å². The molecule has 0 atom stereocenters. The van der Waals surface area contributed by atoms with Crippen LogP contribution >= 0.6 is 22.9 Å². The summed E-state index contributed by atoms with van der Waals surface area (Å²) in [5.41, 5.74) is 9.30. The Morgan fingerprint density at radius 3 is 2.43 bits per heavy atom. The number of benzene rings is 1. The third kappa shape index (κ3) is 2.57. The third-order valence-corrected chi connectivity index (χ3v) is 4.58. The minimum atomic E-state index is 0.290. The van der Waals surface area contributed by atoms with Gasteiger partial charge in [-0.2, -0.15) is 5.10 Å². The second kappa shape index (κ2) is 5.54. The Labute approximate surface area is 133 Å². The van der Waals surface area contributed by atoms with E-state index in [1.165, 1.54) is 11.3 Å². The second-order valence-corrected chi connectivity index (χ2v) is 6.87. The predicted octanol–water partition coefficient (Wildman–Crippen LogP) is 4.96. The zero-order chi connectivity index (χ0) is 15.0. The summed E-state index contributed by atoms with van der Waals surface area (Å²) in [6.45, 7) is 4.25. The maximum atomic E-state index is 6.35. The zero-order valence-corrected chi connectivity index (χ0v) is 13.4. The molecule has 0 fully saturated rings. The first-order chi connectivity index (χ1) is 10.1. The highest BCUT2D eigenvalue weighted by molar-refractivity contribution is 7.19. The van der Waals surface area contributed by atoms with Gasteiger partial charge in [0, 0.05) is 5.56 Å². The SMILES string of the molecule is CC(C)c1c(-c2ccc(Cl)s2)nn(-c2ccccc2)c1N. The summed E-state index contributed by atoms with van der Waals surface area (Å²) in [5, 5.41) is 4.73. The van der Waals surface area contributed by atoms with Crippen LogP contribution in [-0.2, 0) is 0 Å². The lowest BCUT2D eigenvalue weighted by atomic mass is 10.0. The van der Waals surface area contributed by atoms with E-state index in [1.807, 2.05) is 42.5 Å². The molecule has 1 aromatic carbocycles. The first kappa shape index (κ1) is 14.2. The van der Waals surface area contributed by atoms with E-state index >= 15 is 0 Å². The summed E-state index contributed by atoms with van der Waals surface area (Å²) in [6.07, 6.45) is 0. The van der Waals surface area contributed by atoms with Gasteiger partial charge in [0.1, 0.15) is 11.5 Å². The number of halogens is 1. The molecule has 3 nitrogen and oxygen atoms in total. The Hall–Kier alpha value is -1.78. The van der Waals surface area contributed by atoms with Crippen LogP contribution in [-0.4, -0.2) is 9.78 Å². The van der Waals surface area contributed by atoms with Gasteiger partial charge >= 0.3 is 0 Å². The van der Waals surface area contributed by atoms with Gasteiger partial charge < -0.3 is 5.73 Å². The molecular weight excluding hydrogens is 302 g/mol. The third-order valence-electron chi connectivity index (χ3n) is 3.34. The lowest BCUT2D eigenvalue weighted by molar-refractivity contribution is 0.868. The van der Waals surface area contributed by atoms with Crippen LogP contribution in [0, 0.1) is 0 Å². The van der Waals surface area contributed by atoms with E-state index in [0.29, 0.717) is 11.7 Å². The summed E-state index contributed by atoms with van der Waals surface area (Å²) in [6, 6.07) is 13.8.